The Morgan fingerprint density at radius 3 is 2.23 bits per heavy atom. The lowest BCUT2D eigenvalue weighted by Gasteiger charge is -2.12. The number of carbonyl (C=O) groups is 2. The number of hydrogen-bond acceptors (Lipinski definition) is 3. The van der Waals surface area contributed by atoms with Crippen LogP contribution in [0.2, 0.25) is 0 Å². The van der Waals surface area contributed by atoms with Crippen LogP contribution >= 0.6 is 0 Å². The first-order valence-electron chi connectivity index (χ1n) is 8.87. The molecule has 0 aromatic heterocycles. The SMILES string of the molecule is Cc1cccc(C)c1OCCCC(=O)NCCNC(=O)c1ccccc1. The number of rotatable bonds is 9. The molecule has 0 radical (unpaired) electrons. The van der Waals surface area contributed by atoms with Crippen molar-refractivity contribution in [1.29, 1.82) is 0 Å². The van der Waals surface area contributed by atoms with Gasteiger partial charge in [0.2, 0.25) is 5.91 Å². The van der Waals surface area contributed by atoms with E-state index in [1.807, 2.05) is 50.2 Å². The van der Waals surface area contributed by atoms with E-state index < -0.39 is 0 Å². The average molecular weight is 354 g/mol. The Labute approximate surface area is 154 Å². The molecule has 5 nitrogen and oxygen atoms in total. The molecule has 5 heteroatoms. The molecule has 2 aromatic carbocycles. The van der Waals surface area contributed by atoms with Gasteiger partial charge in [0.15, 0.2) is 0 Å². The van der Waals surface area contributed by atoms with Crippen LogP contribution in [0.4, 0.5) is 0 Å². The van der Waals surface area contributed by atoms with E-state index in [0.717, 1.165) is 16.9 Å². The van der Waals surface area contributed by atoms with E-state index in [2.05, 4.69) is 10.6 Å². The molecule has 2 aromatic rings. The number of nitrogens with one attached hydrogen (secondary N) is 2. The summed E-state index contributed by atoms with van der Waals surface area (Å²) in [5.74, 6) is 0.724. The molecule has 0 heterocycles. The molecule has 0 bridgehead atoms. The van der Waals surface area contributed by atoms with Crippen molar-refractivity contribution in [3.8, 4) is 5.75 Å². The highest BCUT2D eigenvalue weighted by atomic mass is 16.5. The zero-order valence-corrected chi connectivity index (χ0v) is 15.4. The van der Waals surface area contributed by atoms with Gasteiger partial charge in [0.1, 0.15) is 5.75 Å². The van der Waals surface area contributed by atoms with Crippen LogP contribution in [0.15, 0.2) is 48.5 Å². The fraction of sp³-hybridized carbons (Fsp3) is 0.333. The second kappa shape index (κ2) is 10.2. The second-order valence-electron chi connectivity index (χ2n) is 6.14. The van der Waals surface area contributed by atoms with E-state index >= 15 is 0 Å². The number of benzene rings is 2. The lowest BCUT2D eigenvalue weighted by molar-refractivity contribution is -0.121. The monoisotopic (exact) mass is 354 g/mol. The molecule has 2 N–H and O–H groups in total. The Morgan fingerprint density at radius 2 is 1.54 bits per heavy atom. The lowest BCUT2D eigenvalue weighted by Crippen LogP contribution is -2.34. The summed E-state index contributed by atoms with van der Waals surface area (Å²) in [7, 11) is 0. The maximum Gasteiger partial charge on any atom is 0.251 e. The summed E-state index contributed by atoms with van der Waals surface area (Å²) in [5, 5.41) is 5.58. The molecule has 0 spiro atoms. The summed E-state index contributed by atoms with van der Waals surface area (Å²) in [5.41, 5.74) is 2.81. The molecule has 0 aliphatic heterocycles. The molecule has 0 saturated carbocycles. The van der Waals surface area contributed by atoms with Crippen molar-refractivity contribution in [3.63, 3.8) is 0 Å². The molecule has 2 rings (SSSR count). The maximum absolute atomic E-state index is 11.8. The predicted octanol–water partition coefficient (Wildman–Crippen LogP) is 3.01. The summed E-state index contributed by atoms with van der Waals surface area (Å²) in [6.07, 6.45) is 1.05. The quantitative estimate of drug-likeness (QED) is 0.680. The van der Waals surface area contributed by atoms with Crippen LogP contribution in [-0.2, 0) is 4.79 Å². The van der Waals surface area contributed by atoms with Gasteiger partial charge in [0.25, 0.3) is 5.91 Å². The minimum absolute atomic E-state index is 0.0379. The third kappa shape index (κ3) is 6.24. The lowest BCUT2D eigenvalue weighted by atomic mass is 10.1. The van der Waals surface area contributed by atoms with Gasteiger partial charge in [0, 0.05) is 25.1 Å². The van der Waals surface area contributed by atoms with E-state index in [-0.39, 0.29) is 11.8 Å². The topological polar surface area (TPSA) is 67.4 Å². The van der Waals surface area contributed by atoms with E-state index in [0.29, 0.717) is 38.1 Å². The number of carbonyl (C=O) groups excluding carboxylic acids is 2. The van der Waals surface area contributed by atoms with Gasteiger partial charge in [0.05, 0.1) is 6.61 Å². The zero-order chi connectivity index (χ0) is 18.8. The van der Waals surface area contributed by atoms with Crippen molar-refractivity contribution in [2.24, 2.45) is 0 Å². The highest BCUT2D eigenvalue weighted by molar-refractivity contribution is 5.94. The Balaban J connectivity index is 1.57. The molecular formula is C21H26N2O3. The molecule has 26 heavy (non-hydrogen) atoms. The molecular weight excluding hydrogens is 328 g/mol. The summed E-state index contributed by atoms with van der Waals surface area (Å²) < 4.78 is 5.79. The third-order valence-electron chi connectivity index (χ3n) is 3.97. The van der Waals surface area contributed by atoms with Gasteiger partial charge >= 0.3 is 0 Å². The summed E-state index contributed by atoms with van der Waals surface area (Å²) in [6.45, 7) is 5.34. The standard InChI is InChI=1S/C21H26N2O3/c1-16-8-6-9-17(2)20(16)26-15-7-12-19(24)22-13-14-23-21(25)18-10-4-3-5-11-18/h3-6,8-11H,7,12-15H2,1-2H3,(H,22,24)(H,23,25). The molecule has 0 atom stereocenters. The van der Waals surface area contributed by atoms with Gasteiger partial charge in [-0.2, -0.15) is 0 Å². The molecule has 0 saturated heterocycles. The Bertz CT molecular complexity index is 709. The maximum atomic E-state index is 11.8. The fourth-order valence-electron chi connectivity index (χ4n) is 2.59. The Morgan fingerprint density at radius 1 is 0.885 bits per heavy atom. The van der Waals surface area contributed by atoms with Crippen molar-refractivity contribution < 1.29 is 14.3 Å². The van der Waals surface area contributed by atoms with E-state index in [1.54, 1.807) is 12.1 Å². The van der Waals surface area contributed by atoms with Crippen molar-refractivity contribution >= 4 is 11.8 Å². The molecule has 0 fully saturated rings. The number of para-hydroxylation sites is 1. The zero-order valence-electron chi connectivity index (χ0n) is 15.4. The normalized spacial score (nSPS) is 10.2. The molecule has 0 aliphatic rings. The van der Waals surface area contributed by atoms with Gasteiger partial charge < -0.3 is 15.4 Å². The van der Waals surface area contributed by atoms with Gasteiger partial charge in [-0.3, -0.25) is 9.59 Å². The van der Waals surface area contributed by atoms with Crippen LogP contribution in [0.5, 0.6) is 5.75 Å². The largest absolute Gasteiger partial charge is 0.493 e. The van der Waals surface area contributed by atoms with Crippen LogP contribution in [0.1, 0.15) is 34.3 Å². The predicted molar refractivity (Wildman–Crippen MR) is 102 cm³/mol. The first-order chi connectivity index (χ1) is 12.6. The Hall–Kier alpha value is -2.82. The minimum atomic E-state index is -0.137. The van der Waals surface area contributed by atoms with Crippen molar-refractivity contribution in [2.75, 3.05) is 19.7 Å². The number of aryl methyl sites for hydroxylation is 2. The fourth-order valence-corrected chi connectivity index (χ4v) is 2.59. The smallest absolute Gasteiger partial charge is 0.251 e. The van der Waals surface area contributed by atoms with E-state index in [1.165, 1.54) is 0 Å². The van der Waals surface area contributed by atoms with Crippen molar-refractivity contribution in [3.05, 3.63) is 65.2 Å². The molecule has 0 unspecified atom stereocenters. The Kier molecular flexibility index (Phi) is 7.68. The van der Waals surface area contributed by atoms with E-state index in [9.17, 15) is 9.59 Å². The second-order valence-corrected chi connectivity index (χ2v) is 6.14. The first kappa shape index (κ1) is 19.5. The average Bonchev–Trinajstić information content (AvgIpc) is 2.64. The van der Waals surface area contributed by atoms with E-state index in [4.69, 9.17) is 4.74 Å². The molecule has 2 amide bonds. The summed E-state index contributed by atoms with van der Waals surface area (Å²) in [6, 6.07) is 15.0. The van der Waals surface area contributed by atoms with Crippen LogP contribution < -0.4 is 15.4 Å². The number of ether oxygens (including phenoxy) is 1. The van der Waals surface area contributed by atoms with Gasteiger partial charge in [-0.05, 0) is 43.5 Å². The van der Waals surface area contributed by atoms with Crippen molar-refractivity contribution in [1.82, 2.24) is 10.6 Å². The van der Waals surface area contributed by atoms with Gasteiger partial charge in [-0.25, -0.2) is 0 Å². The van der Waals surface area contributed by atoms with Crippen molar-refractivity contribution in [2.45, 2.75) is 26.7 Å². The first-order valence-corrected chi connectivity index (χ1v) is 8.87. The highest BCUT2D eigenvalue weighted by Crippen LogP contribution is 2.22. The minimum Gasteiger partial charge on any atom is -0.493 e. The van der Waals surface area contributed by atoms with Crippen LogP contribution in [0, 0.1) is 13.8 Å². The molecule has 138 valence electrons. The van der Waals surface area contributed by atoms with Gasteiger partial charge in [-0.1, -0.05) is 36.4 Å². The summed E-state index contributed by atoms with van der Waals surface area (Å²) >= 11 is 0. The highest BCUT2D eigenvalue weighted by Gasteiger charge is 2.06. The van der Waals surface area contributed by atoms with Crippen LogP contribution in [0.25, 0.3) is 0 Å². The number of hydrogen-bond donors (Lipinski definition) is 2. The molecule has 0 aliphatic carbocycles. The van der Waals surface area contributed by atoms with Crippen LogP contribution in [0.3, 0.4) is 0 Å². The van der Waals surface area contributed by atoms with Crippen LogP contribution in [-0.4, -0.2) is 31.5 Å². The number of amides is 2. The van der Waals surface area contributed by atoms with Gasteiger partial charge in [-0.15, -0.1) is 0 Å². The third-order valence-corrected chi connectivity index (χ3v) is 3.97. The summed E-state index contributed by atoms with van der Waals surface area (Å²) in [4.78, 5) is 23.7.